The maximum absolute atomic E-state index is 13.0. The molecule has 4 N–H and O–H groups in total. The van der Waals surface area contributed by atoms with Gasteiger partial charge in [0.15, 0.2) is 0 Å². The van der Waals surface area contributed by atoms with Gasteiger partial charge in [0.1, 0.15) is 0 Å². The molecule has 0 unspecified atom stereocenters. The largest absolute Gasteiger partial charge is 0.481 e. The quantitative estimate of drug-likeness (QED) is 0.356. The van der Waals surface area contributed by atoms with Crippen LogP contribution in [0.4, 0.5) is 4.79 Å². The van der Waals surface area contributed by atoms with Crippen LogP contribution >= 0.6 is 0 Å². The number of hydrogen-bond acceptors (Lipinski definition) is 4. The van der Waals surface area contributed by atoms with E-state index in [1.165, 1.54) is 13.8 Å². The summed E-state index contributed by atoms with van der Waals surface area (Å²) in [6.07, 6.45) is 0.0497. The van der Waals surface area contributed by atoms with E-state index in [1.54, 1.807) is 11.8 Å². The lowest BCUT2D eigenvalue weighted by molar-refractivity contribution is -0.153. The van der Waals surface area contributed by atoms with Crippen molar-refractivity contribution < 1.29 is 24.6 Å². The molecule has 3 amide bonds. The van der Waals surface area contributed by atoms with Crippen LogP contribution < -0.4 is 10.6 Å². The van der Waals surface area contributed by atoms with E-state index in [0.29, 0.717) is 18.9 Å². The first kappa shape index (κ1) is 30.4. The molecular weight excluding hydrogens is 446 g/mol. The summed E-state index contributed by atoms with van der Waals surface area (Å²) in [5.41, 5.74) is -0.801. The molecule has 8 nitrogen and oxygen atoms in total. The fourth-order valence-electron chi connectivity index (χ4n) is 3.41. The summed E-state index contributed by atoms with van der Waals surface area (Å²) in [7, 11) is 0. The van der Waals surface area contributed by atoms with Gasteiger partial charge in [0.05, 0.1) is 30.0 Å². The number of rotatable bonds is 12. The van der Waals surface area contributed by atoms with Crippen molar-refractivity contribution in [3.63, 3.8) is 0 Å². The molecule has 0 aliphatic rings. The van der Waals surface area contributed by atoms with E-state index in [4.69, 9.17) is 0 Å². The average molecular weight is 492 g/mol. The van der Waals surface area contributed by atoms with Gasteiger partial charge < -0.3 is 25.7 Å². The lowest BCUT2D eigenvalue weighted by Crippen LogP contribution is -2.56. The van der Waals surface area contributed by atoms with Crippen LogP contribution in [0.15, 0.2) is 30.3 Å². The number of urea groups is 1. The van der Waals surface area contributed by atoms with Gasteiger partial charge in [-0.25, -0.2) is 4.79 Å². The third-order valence-electron chi connectivity index (χ3n) is 6.27. The summed E-state index contributed by atoms with van der Waals surface area (Å²) in [4.78, 5) is 39.3. The lowest BCUT2D eigenvalue weighted by Gasteiger charge is -2.34. The topological polar surface area (TPSA) is 119 Å². The summed E-state index contributed by atoms with van der Waals surface area (Å²) in [6.45, 7) is 14.9. The Balaban J connectivity index is 3.15. The highest BCUT2D eigenvalue weighted by Crippen LogP contribution is 2.27. The molecule has 0 fully saturated rings. The molecule has 0 bridgehead atoms. The van der Waals surface area contributed by atoms with E-state index >= 15 is 0 Å². The van der Waals surface area contributed by atoms with Crippen LogP contribution in [0.1, 0.15) is 67.4 Å². The van der Waals surface area contributed by atoms with Gasteiger partial charge in [-0.05, 0) is 58.9 Å². The first-order chi connectivity index (χ1) is 16.0. The van der Waals surface area contributed by atoms with Gasteiger partial charge in [-0.15, -0.1) is 0 Å². The minimum atomic E-state index is -1.28. The van der Waals surface area contributed by atoms with Gasteiger partial charge in [0, 0.05) is 12.1 Å². The number of benzene rings is 1. The molecule has 0 saturated carbocycles. The second kappa shape index (κ2) is 12.9. The number of aliphatic hydroxyl groups excluding tert-OH is 1. The Morgan fingerprint density at radius 1 is 1.00 bits per heavy atom. The van der Waals surface area contributed by atoms with Crippen molar-refractivity contribution in [2.24, 2.45) is 17.3 Å². The number of nitrogens with zero attached hydrogens (tertiary/aromatic N) is 1. The number of carbonyl (C=O) groups excluding carboxylic acids is 2. The van der Waals surface area contributed by atoms with Crippen molar-refractivity contribution in [3.05, 3.63) is 35.9 Å². The third kappa shape index (κ3) is 10.3. The van der Waals surface area contributed by atoms with Crippen LogP contribution in [0.3, 0.4) is 0 Å². The van der Waals surface area contributed by atoms with Crippen molar-refractivity contribution in [1.82, 2.24) is 15.5 Å². The molecule has 0 saturated heterocycles. The van der Waals surface area contributed by atoms with E-state index in [-0.39, 0.29) is 12.6 Å². The zero-order valence-corrected chi connectivity index (χ0v) is 22.6. The predicted octanol–water partition coefficient (Wildman–Crippen LogP) is 3.68. The van der Waals surface area contributed by atoms with Crippen molar-refractivity contribution in [3.8, 4) is 0 Å². The van der Waals surface area contributed by atoms with E-state index in [9.17, 15) is 24.6 Å². The smallest absolute Gasteiger partial charge is 0.317 e. The number of hydrogen-bond donors (Lipinski definition) is 4. The van der Waals surface area contributed by atoms with Crippen molar-refractivity contribution in [2.45, 2.75) is 85.9 Å². The Kier molecular flexibility index (Phi) is 11.2. The molecule has 1 aromatic carbocycles. The van der Waals surface area contributed by atoms with Crippen LogP contribution in [0.5, 0.6) is 0 Å². The van der Waals surface area contributed by atoms with Gasteiger partial charge >= 0.3 is 12.0 Å². The van der Waals surface area contributed by atoms with Gasteiger partial charge in [0.2, 0.25) is 5.91 Å². The van der Waals surface area contributed by atoms with Crippen LogP contribution in [0.2, 0.25) is 0 Å². The average Bonchev–Trinajstić information content (AvgIpc) is 2.74. The molecule has 8 heteroatoms. The molecule has 0 radical (unpaired) electrons. The molecule has 1 rings (SSSR count). The van der Waals surface area contributed by atoms with Crippen LogP contribution in [-0.2, 0) is 16.0 Å². The van der Waals surface area contributed by atoms with E-state index < -0.39 is 40.9 Å². The number of carboxylic acid groups (broad SMARTS) is 1. The van der Waals surface area contributed by atoms with E-state index in [2.05, 4.69) is 24.5 Å². The predicted molar refractivity (Wildman–Crippen MR) is 138 cm³/mol. The summed E-state index contributed by atoms with van der Waals surface area (Å²) in [6, 6.07) is 8.46. The second-order valence-corrected chi connectivity index (χ2v) is 11.4. The van der Waals surface area contributed by atoms with Crippen LogP contribution in [-0.4, -0.2) is 63.8 Å². The SMILES string of the molecule is CC(C)CCN(C[C@H](O)[C@H](Cc1ccccc1)NC(=O)[C@@H](C)C(C)(C)C(=O)O)C(=O)NC(C)(C)C. The fraction of sp³-hybridized carbons (Fsp3) is 0.667. The highest BCUT2D eigenvalue weighted by atomic mass is 16.4. The zero-order valence-electron chi connectivity index (χ0n) is 22.6. The summed E-state index contributed by atoms with van der Waals surface area (Å²) in [5.74, 6) is -1.98. The maximum atomic E-state index is 13.0. The molecule has 3 atom stereocenters. The van der Waals surface area contributed by atoms with E-state index in [1.807, 2.05) is 51.1 Å². The molecule has 0 spiro atoms. The molecular formula is C27H45N3O5. The lowest BCUT2D eigenvalue weighted by atomic mass is 9.79. The number of nitrogens with one attached hydrogen (secondary N) is 2. The summed E-state index contributed by atoms with van der Waals surface area (Å²) >= 11 is 0. The van der Waals surface area contributed by atoms with E-state index in [0.717, 1.165) is 12.0 Å². The van der Waals surface area contributed by atoms with Gasteiger partial charge in [-0.3, -0.25) is 9.59 Å². The van der Waals surface area contributed by atoms with Gasteiger partial charge in [-0.1, -0.05) is 51.1 Å². The zero-order chi connectivity index (χ0) is 27.0. The number of carbonyl (C=O) groups is 3. The standard InChI is InChI=1S/C27H45N3O5/c1-18(2)14-15-30(25(35)29-26(4,5)6)17-22(31)21(16-20-12-10-9-11-13-20)28-23(32)19(3)27(7,8)24(33)34/h9-13,18-19,21-22,31H,14-17H2,1-8H3,(H,28,32)(H,29,35)(H,33,34)/t19-,21+,22+/m1/s1. The highest BCUT2D eigenvalue weighted by molar-refractivity contribution is 5.86. The Morgan fingerprint density at radius 2 is 1.57 bits per heavy atom. The molecule has 0 aliphatic heterocycles. The van der Waals surface area contributed by atoms with Gasteiger partial charge in [-0.2, -0.15) is 0 Å². The maximum Gasteiger partial charge on any atom is 0.317 e. The highest BCUT2D eigenvalue weighted by Gasteiger charge is 2.39. The molecule has 35 heavy (non-hydrogen) atoms. The third-order valence-corrected chi connectivity index (χ3v) is 6.27. The van der Waals surface area contributed by atoms with Crippen LogP contribution in [0.25, 0.3) is 0 Å². The molecule has 0 heterocycles. The van der Waals surface area contributed by atoms with Crippen molar-refractivity contribution in [2.75, 3.05) is 13.1 Å². The number of aliphatic carboxylic acids is 1. The minimum Gasteiger partial charge on any atom is -0.481 e. The molecule has 1 aromatic rings. The molecule has 198 valence electrons. The summed E-state index contributed by atoms with van der Waals surface area (Å²) < 4.78 is 0. The van der Waals surface area contributed by atoms with Crippen molar-refractivity contribution >= 4 is 17.9 Å². The first-order valence-electron chi connectivity index (χ1n) is 12.4. The minimum absolute atomic E-state index is 0.0309. The number of aliphatic hydroxyl groups is 1. The second-order valence-electron chi connectivity index (χ2n) is 11.4. The Hall–Kier alpha value is -2.61. The molecule has 0 aliphatic carbocycles. The van der Waals surface area contributed by atoms with Crippen molar-refractivity contribution in [1.29, 1.82) is 0 Å². The molecule has 0 aromatic heterocycles. The van der Waals surface area contributed by atoms with Gasteiger partial charge in [0.25, 0.3) is 0 Å². The summed E-state index contributed by atoms with van der Waals surface area (Å²) in [5, 5.41) is 26.6. The normalized spacial score (nSPS) is 14.7. The number of amides is 3. The number of carboxylic acids is 1. The Labute approximate surface area is 210 Å². The monoisotopic (exact) mass is 491 g/mol. The fourth-order valence-corrected chi connectivity index (χ4v) is 3.41. The Bertz CT molecular complexity index is 833. The van der Waals surface area contributed by atoms with Crippen LogP contribution in [0, 0.1) is 17.3 Å². The first-order valence-corrected chi connectivity index (χ1v) is 12.4. The Morgan fingerprint density at radius 3 is 2.06 bits per heavy atom.